The number of thiophene rings is 1. The number of hydrogen-bond donors (Lipinski definition) is 1. The lowest BCUT2D eigenvalue weighted by Gasteiger charge is -2.01. The Hall–Kier alpha value is -1.73. The average molecular weight is 420 g/mol. The highest BCUT2D eigenvalue weighted by molar-refractivity contribution is 7.25. The van der Waals surface area contributed by atoms with Crippen molar-refractivity contribution in [3.63, 3.8) is 0 Å². The first-order valence-electron chi connectivity index (χ1n) is 6.69. The van der Waals surface area contributed by atoms with Gasteiger partial charge in [0.2, 0.25) is 16.9 Å². The van der Waals surface area contributed by atoms with Crippen LogP contribution in [-0.2, 0) is 7.05 Å². The number of amides is 1. The highest BCUT2D eigenvalue weighted by atomic mass is 127. The Labute approximate surface area is 148 Å². The minimum absolute atomic E-state index is 0. The Morgan fingerprint density at radius 2 is 1.86 bits per heavy atom. The molecule has 4 aromatic rings. The maximum absolute atomic E-state index is 11.4. The molecule has 1 amide bonds. The number of fused-ring (bicyclic) bond motifs is 4. The largest absolute Gasteiger partial charge is 1.00 e. The molecule has 0 aliphatic rings. The highest BCUT2D eigenvalue weighted by Gasteiger charge is 2.18. The summed E-state index contributed by atoms with van der Waals surface area (Å²) in [5, 5.41) is 2.30. The molecule has 22 heavy (non-hydrogen) atoms. The molecule has 110 valence electrons. The number of primary amides is 1. The third-order valence-corrected chi connectivity index (χ3v) is 5.00. The highest BCUT2D eigenvalue weighted by Crippen LogP contribution is 2.33. The molecule has 3 nitrogen and oxygen atoms in total. The number of pyridine rings is 1. The lowest BCUT2D eigenvalue weighted by Crippen LogP contribution is -3.00. The third-order valence-electron chi connectivity index (χ3n) is 3.89. The van der Waals surface area contributed by atoms with E-state index in [4.69, 9.17) is 5.73 Å². The summed E-state index contributed by atoms with van der Waals surface area (Å²) >= 11 is 1.77. The molecule has 5 heteroatoms. The number of rotatable bonds is 1. The number of nitrogens with zero attached hydrogens (tertiary/aromatic N) is 1. The maximum Gasteiger partial charge on any atom is 0.248 e. The van der Waals surface area contributed by atoms with Gasteiger partial charge in [0.15, 0.2) is 0 Å². The van der Waals surface area contributed by atoms with Crippen LogP contribution in [0.15, 0.2) is 48.5 Å². The van der Waals surface area contributed by atoms with Gasteiger partial charge in [-0.1, -0.05) is 12.1 Å². The maximum atomic E-state index is 11.4. The van der Waals surface area contributed by atoms with Gasteiger partial charge in [0.05, 0.1) is 5.39 Å². The van der Waals surface area contributed by atoms with Gasteiger partial charge in [0, 0.05) is 21.7 Å². The van der Waals surface area contributed by atoms with Crippen molar-refractivity contribution >= 4 is 48.4 Å². The lowest BCUT2D eigenvalue weighted by molar-refractivity contribution is -0.616. The van der Waals surface area contributed by atoms with E-state index in [2.05, 4.69) is 41.9 Å². The van der Waals surface area contributed by atoms with E-state index in [1.807, 2.05) is 12.1 Å². The van der Waals surface area contributed by atoms with Crippen molar-refractivity contribution in [3.05, 3.63) is 54.1 Å². The number of aromatic nitrogens is 1. The van der Waals surface area contributed by atoms with Gasteiger partial charge in [0.1, 0.15) is 11.7 Å². The predicted molar refractivity (Wildman–Crippen MR) is 86.5 cm³/mol. The second-order valence-electron chi connectivity index (χ2n) is 5.15. The first kappa shape index (κ1) is 15.2. The molecular weight excluding hydrogens is 407 g/mol. The molecule has 0 saturated heterocycles. The molecular formula is C17H13IN2OS. The van der Waals surface area contributed by atoms with Crippen LogP contribution in [0.2, 0.25) is 0 Å². The molecule has 2 heterocycles. The van der Waals surface area contributed by atoms with E-state index in [1.165, 1.54) is 20.3 Å². The molecule has 0 saturated carbocycles. The summed E-state index contributed by atoms with van der Waals surface area (Å²) in [6, 6.07) is 16.2. The molecule has 0 unspecified atom stereocenters. The van der Waals surface area contributed by atoms with Crippen LogP contribution in [0.5, 0.6) is 0 Å². The van der Waals surface area contributed by atoms with Crippen molar-refractivity contribution in [1.29, 1.82) is 0 Å². The fraction of sp³-hybridized carbons (Fsp3) is 0.0588. The summed E-state index contributed by atoms with van der Waals surface area (Å²) in [6.45, 7) is 0. The van der Waals surface area contributed by atoms with Crippen molar-refractivity contribution in [1.82, 2.24) is 0 Å². The summed E-state index contributed by atoms with van der Waals surface area (Å²) in [4.78, 5) is 11.4. The van der Waals surface area contributed by atoms with E-state index in [-0.39, 0.29) is 24.0 Å². The van der Waals surface area contributed by atoms with Crippen LogP contribution >= 0.6 is 11.3 Å². The number of carbonyl (C=O) groups excluding carboxylic acids is 1. The summed E-state index contributed by atoms with van der Waals surface area (Å²) in [7, 11) is 2.06. The fourth-order valence-corrected chi connectivity index (χ4v) is 4.07. The van der Waals surface area contributed by atoms with E-state index in [9.17, 15) is 4.79 Å². The van der Waals surface area contributed by atoms with Crippen molar-refractivity contribution in [2.24, 2.45) is 12.8 Å². The van der Waals surface area contributed by atoms with Gasteiger partial charge in [-0.15, -0.1) is 11.3 Å². The molecule has 2 aromatic heterocycles. The van der Waals surface area contributed by atoms with Gasteiger partial charge in [-0.2, -0.15) is 4.57 Å². The third kappa shape index (κ3) is 2.16. The quantitative estimate of drug-likeness (QED) is 0.346. The summed E-state index contributed by atoms with van der Waals surface area (Å²) in [6.07, 6.45) is 0. The van der Waals surface area contributed by atoms with Crippen LogP contribution < -0.4 is 34.3 Å². The van der Waals surface area contributed by atoms with Crippen molar-refractivity contribution in [2.75, 3.05) is 0 Å². The zero-order valence-electron chi connectivity index (χ0n) is 11.8. The predicted octanol–water partition coefficient (Wildman–Crippen LogP) is 0.135. The Morgan fingerprint density at radius 3 is 2.64 bits per heavy atom. The number of nitrogens with two attached hydrogens (primary N) is 1. The van der Waals surface area contributed by atoms with Crippen molar-refractivity contribution in [2.45, 2.75) is 0 Å². The smallest absolute Gasteiger partial charge is 0.248 e. The minimum atomic E-state index is -0.393. The summed E-state index contributed by atoms with van der Waals surface area (Å²) < 4.78 is 4.68. The number of halogens is 1. The second kappa shape index (κ2) is 5.48. The molecule has 0 aliphatic heterocycles. The zero-order valence-corrected chi connectivity index (χ0v) is 14.8. The molecule has 0 atom stereocenters. The molecule has 2 aromatic carbocycles. The molecule has 0 radical (unpaired) electrons. The minimum Gasteiger partial charge on any atom is -1.00 e. The van der Waals surface area contributed by atoms with E-state index in [0.717, 1.165) is 10.9 Å². The molecule has 0 spiro atoms. The monoisotopic (exact) mass is 420 g/mol. The molecule has 0 aliphatic carbocycles. The number of carbonyl (C=O) groups is 1. The Balaban J connectivity index is 0.00000144. The van der Waals surface area contributed by atoms with Crippen LogP contribution in [0.4, 0.5) is 0 Å². The SMILES string of the molecule is C[n+]1c2ccc(C(N)=O)cc2cc2sc3ccccc3c21.[I-]. The Bertz CT molecular complexity index is 1040. The standard InChI is InChI=1S/C17H12N2OS.HI/c1-19-13-7-6-10(17(18)20)8-11(13)9-15-16(19)12-4-2-3-5-14(12)21-15;/h2-9H,1H3,(H-,18,20);1H. The zero-order chi connectivity index (χ0) is 14.6. The van der Waals surface area contributed by atoms with E-state index in [0.29, 0.717) is 5.56 Å². The number of hydrogen-bond acceptors (Lipinski definition) is 2. The molecule has 2 N–H and O–H groups in total. The van der Waals surface area contributed by atoms with Gasteiger partial charge in [0.25, 0.3) is 0 Å². The van der Waals surface area contributed by atoms with Gasteiger partial charge in [-0.25, -0.2) is 0 Å². The average Bonchev–Trinajstić information content (AvgIpc) is 2.85. The van der Waals surface area contributed by atoms with Gasteiger partial charge >= 0.3 is 0 Å². The normalized spacial score (nSPS) is 11.0. The fourth-order valence-electron chi connectivity index (χ4n) is 2.89. The van der Waals surface area contributed by atoms with Crippen molar-refractivity contribution in [3.8, 4) is 0 Å². The van der Waals surface area contributed by atoms with Gasteiger partial charge < -0.3 is 29.7 Å². The summed E-state index contributed by atoms with van der Waals surface area (Å²) in [5.41, 5.74) is 8.24. The van der Waals surface area contributed by atoms with E-state index < -0.39 is 5.91 Å². The van der Waals surface area contributed by atoms with Crippen LogP contribution in [0.1, 0.15) is 10.4 Å². The van der Waals surface area contributed by atoms with Crippen LogP contribution in [0.25, 0.3) is 31.2 Å². The number of aryl methyl sites for hydroxylation is 1. The summed E-state index contributed by atoms with van der Waals surface area (Å²) in [5.74, 6) is -0.393. The Kier molecular flexibility index (Phi) is 3.78. The molecule has 0 fully saturated rings. The van der Waals surface area contributed by atoms with E-state index >= 15 is 0 Å². The Morgan fingerprint density at radius 1 is 1.09 bits per heavy atom. The van der Waals surface area contributed by atoms with Crippen LogP contribution in [0, 0.1) is 0 Å². The van der Waals surface area contributed by atoms with Gasteiger partial charge in [-0.05, 0) is 30.3 Å². The first-order chi connectivity index (χ1) is 10.1. The number of benzene rings is 2. The lowest BCUT2D eigenvalue weighted by atomic mass is 10.1. The van der Waals surface area contributed by atoms with Gasteiger partial charge in [-0.3, -0.25) is 4.79 Å². The van der Waals surface area contributed by atoms with Crippen LogP contribution in [-0.4, -0.2) is 5.91 Å². The molecule has 0 bridgehead atoms. The topological polar surface area (TPSA) is 47.0 Å². The first-order valence-corrected chi connectivity index (χ1v) is 7.50. The van der Waals surface area contributed by atoms with Crippen molar-refractivity contribution < 1.29 is 33.3 Å². The molecule has 4 rings (SSSR count). The van der Waals surface area contributed by atoms with E-state index in [1.54, 1.807) is 17.4 Å². The van der Waals surface area contributed by atoms with Crippen LogP contribution in [0.3, 0.4) is 0 Å². The second-order valence-corrected chi connectivity index (χ2v) is 6.24.